The second-order valence-corrected chi connectivity index (χ2v) is 9.93. The SMILES string of the molecule is COc1cc(Oc2ccc(OCCCOc3cc4c(cc3C)C(=O)N3CCC[C@H]3C=N4)cc2F)cc(C)c1C. The Bertz CT molecular complexity index is 1420. The first kappa shape index (κ1) is 26.5. The Morgan fingerprint density at radius 2 is 1.77 bits per heavy atom. The van der Waals surface area contributed by atoms with Crippen LogP contribution in [0.1, 0.15) is 46.3 Å². The summed E-state index contributed by atoms with van der Waals surface area (Å²) in [6.07, 6.45) is 4.43. The van der Waals surface area contributed by atoms with Crippen LogP contribution in [0.3, 0.4) is 0 Å². The summed E-state index contributed by atoms with van der Waals surface area (Å²) in [7, 11) is 1.59. The molecular formula is C31H33FN2O5. The number of methoxy groups -OCH3 is 1. The molecule has 204 valence electrons. The molecule has 3 aromatic carbocycles. The molecule has 0 unspecified atom stereocenters. The molecule has 2 aliphatic rings. The number of nitrogens with zero attached hydrogens (tertiary/aromatic N) is 2. The molecule has 1 saturated heterocycles. The predicted molar refractivity (Wildman–Crippen MR) is 148 cm³/mol. The maximum absolute atomic E-state index is 14.7. The Kier molecular flexibility index (Phi) is 7.72. The standard InChI is InChI=1S/C31H33FN2O5/c1-19-13-24(16-30(36-4)21(19)3)39-28-9-8-23(15-26(28)32)37-11-6-12-38-29-17-27-25(14-20(29)2)31(35)34-10-5-7-22(34)18-33-27/h8-9,13-18,22H,5-7,10-12H2,1-4H3/t22-/m0/s1. The number of amides is 1. The third-order valence-corrected chi connectivity index (χ3v) is 7.23. The zero-order valence-electron chi connectivity index (χ0n) is 22.8. The number of aryl methyl sites for hydroxylation is 2. The summed E-state index contributed by atoms with van der Waals surface area (Å²) in [5.74, 6) is 1.92. The van der Waals surface area contributed by atoms with Crippen LogP contribution < -0.4 is 18.9 Å². The van der Waals surface area contributed by atoms with Crippen molar-refractivity contribution in [1.82, 2.24) is 4.90 Å². The molecule has 0 saturated carbocycles. The fraction of sp³-hybridized carbons (Fsp3) is 0.355. The van der Waals surface area contributed by atoms with Gasteiger partial charge in [0.05, 0.1) is 37.6 Å². The van der Waals surface area contributed by atoms with Gasteiger partial charge in [-0.2, -0.15) is 0 Å². The van der Waals surface area contributed by atoms with Crippen molar-refractivity contribution in [3.63, 3.8) is 0 Å². The Hall–Kier alpha value is -4.07. The maximum Gasteiger partial charge on any atom is 0.256 e. The lowest BCUT2D eigenvalue weighted by atomic mass is 10.1. The molecule has 1 atom stereocenters. The number of fused-ring (bicyclic) bond motifs is 2. The van der Waals surface area contributed by atoms with Gasteiger partial charge in [-0.05, 0) is 74.6 Å². The van der Waals surface area contributed by atoms with E-state index in [0.29, 0.717) is 53.9 Å². The largest absolute Gasteiger partial charge is 0.496 e. The number of carbonyl (C=O) groups excluding carboxylic acids is 1. The molecule has 7 nitrogen and oxygen atoms in total. The Labute approximate surface area is 228 Å². The van der Waals surface area contributed by atoms with Crippen molar-refractivity contribution >= 4 is 17.8 Å². The van der Waals surface area contributed by atoms with Gasteiger partial charge in [-0.15, -0.1) is 0 Å². The van der Waals surface area contributed by atoms with Crippen molar-refractivity contribution in [2.24, 2.45) is 4.99 Å². The van der Waals surface area contributed by atoms with Crippen molar-refractivity contribution in [3.05, 3.63) is 70.5 Å². The quantitative estimate of drug-likeness (QED) is 0.286. The van der Waals surface area contributed by atoms with Crippen LogP contribution in [0.5, 0.6) is 28.7 Å². The smallest absolute Gasteiger partial charge is 0.256 e. The monoisotopic (exact) mass is 532 g/mol. The van der Waals surface area contributed by atoms with E-state index in [2.05, 4.69) is 4.99 Å². The van der Waals surface area contributed by atoms with Gasteiger partial charge in [0.25, 0.3) is 5.91 Å². The number of aliphatic imine (C=N–C) groups is 1. The number of rotatable bonds is 9. The highest BCUT2D eigenvalue weighted by Gasteiger charge is 2.32. The summed E-state index contributed by atoms with van der Waals surface area (Å²) in [6.45, 7) is 7.37. The minimum absolute atomic E-state index is 0.0328. The van der Waals surface area contributed by atoms with Crippen LogP contribution in [0.25, 0.3) is 0 Å². The van der Waals surface area contributed by atoms with Gasteiger partial charge >= 0.3 is 0 Å². The molecule has 0 spiro atoms. The lowest BCUT2D eigenvalue weighted by Crippen LogP contribution is -2.35. The normalized spacial score (nSPS) is 16.0. The van der Waals surface area contributed by atoms with Crippen molar-refractivity contribution < 1.29 is 28.1 Å². The van der Waals surface area contributed by atoms with Crippen molar-refractivity contribution in [2.75, 3.05) is 26.9 Å². The summed E-state index contributed by atoms with van der Waals surface area (Å²) in [5, 5.41) is 0. The van der Waals surface area contributed by atoms with E-state index in [-0.39, 0.29) is 17.7 Å². The fourth-order valence-corrected chi connectivity index (χ4v) is 4.91. The van der Waals surface area contributed by atoms with Gasteiger partial charge in [0.2, 0.25) is 0 Å². The fourth-order valence-electron chi connectivity index (χ4n) is 4.91. The summed E-state index contributed by atoms with van der Waals surface area (Å²) in [4.78, 5) is 19.4. The van der Waals surface area contributed by atoms with Crippen molar-refractivity contribution in [2.45, 2.75) is 46.1 Å². The van der Waals surface area contributed by atoms with E-state index in [1.54, 1.807) is 25.3 Å². The van der Waals surface area contributed by atoms with Gasteiger partial charge < -0.3 is 23.8 Å². The van der Waals surface area contributed by atoms with E-state index in [9.17, 15) is 9.18 Å². The first-order valence-corrected chi connectivity index (χ1v) is 13.2. The van der Waals surface area contributed by atoms with E-state index in [1.165, 1.54) is 6.07 Å². The van der Waals surface area contributed by atoms with Gasteiger partial charge in [-0.25, -0.2) is 4.39 Å². The van der Waals surface area contributed by atoms with Crippen LogP contribution in [0.15, 0.2) is 47.5 Å². The lowest BCUT2D eigenvalue weighted by molar-refractivity contribution is 0.0774. The van der Waals surface area contributed by atoms with Crippen LogP contribution in [-0.2, 0) is 0 Å². The number of hydrogen-bond acceptors (Lipinski definition) is 6. The average Bonchev–Trinajstić information content (AvgIpc) is 3.35. The molecule has 0 bridgehead atoms. The molecule has 0 N–H and O–H groups in total. The molecule has 0 aromatic heterocycles. The Balaban J connectivity index is 1.14. The summed E-state index contributed by atoms with van der Waals surface area (Å²) >= 11 is 0. The maximum atomic E-state index is 14.7. The van der Waals surface area contributed by atoms with E-state index < -0.39 is 5.82 Å². The number of hydrogen-bond donors (Lipinski definition) is 0. The molecule has 39 heavy (non-hydrogen) atoms. The van der Waals surface area contributed by atoms with Crippen LogP contribution in [0.4, 0.5) is 10.1 Å². The molecule has 1 fully saturated rings. The molecule has 2 heterocycles. The number of carbonyl (C=O) groups is 1. The molecule has 8 heteroatoms. The van der Waals surface area contributed by atoms with E-state index >= 15 is 0 Å². The Morgan fingerprint density at radius 1 is 0.949 bits per heavy atom. The number of ether oxygens (including phenoxy) is 4. The summed E-state index contributed by atoms with van der Waals surface area (Å²) in [5.41, 5.74) is 4.15. The minimum Gasteiger partial charge on any atom is -0.496 e. The van der Waals surface area contributed by atoms with Crippen LogP contribution >= 0.6 is 0 Å². The van der Waals surface area contributed by atoms with Crippen LogP contribution in [-0.4, -0.2) is 49.9 Å². The molecule has 0 radical (unpaired) electrons. The highest BCUT2D eigenvalue weighted by Crippen LogP contribution is 2.35. The second-order valence-electron chi connectivity index (χ2n) is 9.93. The minimum atomic E-state index is -0.517. The highest BCUT2D eigenvalue weighted by atomic mass is 19.1. The Morgan fingerprint density at radius 3 is 2.56 bits per heavy atom. The molecule has 2 aliphatic heterocycles. The highest BCUT2D eigenvalue weighted by molar-refractivity contribution is 6.03. The molecule has 1 amide bonds. The third kappa shape index (κ3) is 5.70. The molecule has 0 aliphatic carbocycles. The van der Waals surface area contributed by atoms with Gasteiger partial charge in [0.15, 0.2) is 11.6 Å². The zero-order valence-corrected chi connectivity index (χ0v) is 22.8. The third-order valence-electron chi connectivity index (χ3n) is 7.23. The summed E-state index contributed by atoms with van der Waals surface area (Å²) < 4.78 is 37.5. The predicted octanol–water partition coefficient (Wildman–Crippen LogP) is 6.72. The second kappa shape index (κ2) is 11.4. The van der Waals surface area contributed by atoms with Crippen molar-refractivity contribution in [3.8, 4) is 28.7 Å². The van der Waals surface area contributed by atoms with E-state index in [1.807, 2.05) is 50.1 Å². The number of halogens is 1. The molecular weight excluding hydrogens is 499 g/mol. The van der Waals surface area contributed by atoms with E-state index in [0.717, 1.165) is 36.1 Å². The summed E-state index contributed by atoms with van der Waals surface area (Å²) in [6, 6.07) is 11.9. The van der Waals surface area contributed by atoms with Crippen LogP contribution in [0.2, 0.25) is 0 Å². The zero-order chi connectivity index (χ0) is 27.5. The first-order chi connectivity index (χ1) is 18.8. The first-order valence-electron chi connectivity index (χ1n) is 13.2. The van der Waals surface area contributed by atoms with Gasteiger partial charge in [-0.1, -0.05) is 0 Å². The molecule has 5 rings (SSSR count). The van der Waals surface area contributed by atoms with Gasteiger partial charge in [-0.3, -0.25) is 9.79 Å². The van der Waals surface area contributed by atoms with Gasteiger partial charge in [0, 0.05) is 37.4 Å². The van der Waals surface area contributed by atoms with Crippen LogP contribution in [0, 0.1) is 26.6 Å². The van der Waals surface area contributed by atoms with Gasteiger partial charge in [0.1, 0.15) is 23.0 Å². The molecule has 3 aromatic rings. The average molecular weight is 533 g/mol. The van der Waals surface area contributed by atoms with E-state index in [4.69, 9.17) is 18.9 Å². The number of benzene rings is 3. The van der Waals surface area contributed by atoms with Crippen molar-refractivity contribution in [1.29, 1.82) is 0 Å². The lowest BCUT2D eigenvalue weighted by Gasteiger charge is -2.20. The topological polar surface area (TPSA) is 69.6 Å².